The summed E-state index contributed by atoms with van der Waals surface area (Å²) < 4.78 is 29.5. The summed E-state index contributed by atoms with van der Waals surface area (Å²) in [5, 5.41) is 11.1. The molecule has 3 aliphatic rings. The topological polar surface area (TPSA) is 83.5 Å². The second-order valence-corrected chi connectivity index (χ2v) is 11.8. The lowest BCUT2D eigenvalue weighted by molar-refractivity contribution is -0.193. The summed E-state index contributed by atoms with van der Waals surface area (Å²) in [7, 11) is 1.44. The van der Waals surface area contributed by atoms with E-state index in [1.807, 2.05) is 0 Å². The fraction of sp³-hybridized carbons (Fsp3) is 0.844. The van der Waals surface area contributed by atoms with E-state index in [1.54, 1.807) is 0 Å². The lowest BCUT2D eigenvalue weighted by Crippen LogP contribution is -2.31. The molecule has 3 fully saturated rings. The van der Waals surface area contributed by atoms with Crippen molar-refractivity contribution in [3.63, 3.8) is 0 Å². The average molecular weight is 551 g/mol. The number of hydrogen-bond donors (Lipinski definition) is 1. The van der Waals surface area contributed by atoms with Crippen LogP contribution < -0.4 is 0 Å². The molecule has 0 bridgehead atoms. The first kappa shape index (κ1) is 32.3. The molecule has 7 heteroatoms. The van der Waals surface area contributed by atoms with E-state index in [2.05, 4.69) is 32.1 Å². The second kappa shape index (κ2) is 18.2. The molecule has 0 aromatic rings. The van der Waals surface area contributed by atoms with Gasteiger partial charge >= 0.3 is 5.97 Å². The summed E-state index contributed by atoms with van der Waals surface area (Å²) in [6.45, 7) is 5.77. The number of hydrogen-bond acceptors (Lipinski definition) is 7. The van der Waals surface area contributed by atoms with Crippen molar-refractivity contribution in [1.29, 1.82) is 0 Å². The number of unbranched alkanes of at least 4 members (excludes halogenated alkanes) is 3. The maximum atomic E-state index is 11.4. The minimum atomic E-state index is -0.393. The van der Waals surface area contributed by atoms with E-state index in [-0.39, 0.29) is 42.6 Å². The van der Waals surface area contributed by atoms with Crippen molar-refractivity contribution < 1.29 is 33.6 Å². The van der Waals surface area contributed by atoms with E-state index in [4.69, 9.17) is 23.7 Å². The summed E-state index contributed by atoms with van der Waals surface area (Å²) in [5.41, 5.74) is 1.32. The van der Waals surface area contributed by atoms with Crippen molar-refractivity contribution in [3.05, 3.63) is 23.8 Å². The molecule has 7 nitrogen and oxygen atoms in total. The van der Waals surface area contributed by atoms with Crippen LogP contribution in [0.4, 0.5) is 0 Å². The number of allylic oxidation sites excluding steroid dienone is 2. The molecule has 1 N–H and O–H groups in total. The van der Waals surface area contributed by atoms with Gasteiger partial charge in [0.15, 0.2) is 12.6 Å². The van der Waals surface area contributed by atoms with Crippen LogP contribution in [-0.2, 0) is 28.5 Å². The van der Waals surface area contributed by atoms with Gasteiger partial charge in [-0.2, -0.15) is 0 Å². The minimum Gasteiger partial charge on any atom is -0.469 e. The number of aliphatic hydroxyl groups is 1. The zero-order valence-electron chi connectivity index (χ0n) is 24.7. The summed E-state index contributed by atoms with van der Waals surface area (Å²) in [6, 6.07) is 0. The van der Waals surface area contributed by atoms with Crippen LogP contribution in [0.25, 0.3) is 0 Å². The van der Waals surface area contributed by atoms with Gasteiger partial charge in [-0.05, 0) is 84.0 Å². The molecular weight excluding hydrogens is 496 g/mol. The molecular formula is C32H54O7. The first-order valence-electron chi connectivity index (χ1n) is 15.6. The van der Waals surface area contributed by atoms with Gasteiger partial charge in [0, 0.05) is 32.0 Å². The Morgan fingerprint density at radius 3 is 2.38 bits per heavy atom. The van der Waals surface area contributed by atoms with Gasteiger partial charge in [0.2, 0.25) is 0 Å². The molecule has 0 radical (unpaired) electrons. The molecule has 1 aliphatic carbocycles. The predicted molar refractivity (Wildman–Crippen MR) is 152 cm³/mol. The molecule has 0 aromatic carbocycles. The highest BCUT2D eigenvalue weighted by molar-refractivity contribution is 5.68. The van der Waals surface area contributed by atoms with Crippen LogP contribution in [0.2, 0.25) is 0 Å². The Morgan fingerprint density at radius 1 is 1.00 bits per heavy atom. The summed E-state index contributed by atoms with van der Waals surface area (Å²) >= 11 is 0. The Morgan fingerprint density at radius 2 is 1.72 bits per heavy atom. The Kier molecular flexibility index (Phi) is 15.1. The van der Waals surface area contributed by atoms with Gasteiger partial charge in [-0.25, -0.2) is 0 Å². The Balaban J connectivity index is 1.64. The normalized spacial score (nSPS) is 30.4. The SMILES string of the molecule is COC(=O)CCCCCC[C@@H]1[C@@H](/C=C/[C@H](CCC=C(C)C)OC2CCCCO2)[C@H](OC2CCCCO2)C[C@@H]1O. The molecule has 7 atom stereocenters. The fourth-order valence-corrected chi connectivity index (χ4v) is 6.03. The minimum absolute atomic E-state index is 0.0352. The van der Waals surface area contributed by atoms with Crippen molar-refractivity contribution in [2.45, 2.75) is 141 Å². The van der Waals surface area contributed by atoms with Crippen LogP contribution in [0.1, 0.15) is 110 Å². The van der Waals surface area contributed by atoms with Crippen LogP contribution in [-0.4, -0.2) is 62.3 Å². The fourth-order valence-electron chi connectivity index (χ4n) is 6.03. The van der Waals surface area contributed by atoms with Crippen LogP contribution in [0.15, 0.2) is 23.8 Å². The lowest BCUT2D eigenvalue weighted by atomic mass is 9.87. The molecule has 2 saturated heterocycles. The third-order valence-corrected chi connectivity index (χ3v) is 8.27. The number of rotatable bonds is 16. The van der Waals surface area contributed by atoms with Crippen molar-refractivity contribution in [2.75, 3.05) is 20.3 Å². The smallest absolute Gasteiger partial charge is 0.305 e. The number of methoxy groups -OCH3 is 1. The third-order valence-electron chi connectivity index (χ3n) is 8.27. The van der Waals surface area contributed by atoms with Gasteiger partial charge in [-0.1, -0.05) is 43.1 Å². The molecule has 1 saturated carbocycles. The largest absolute Gasteiger partial charge is 0.469 e. The zero-order chi connectivity index (χ0) is 27.9. The van der Waals surface area contributed by atoms with Crippen molar-refractivity contribution in [3.8, 4) is 0 Å². The molecule has 0 aromatic heterocycles. The van der Waals surface area contributed by atoms with E-state index < -0.39 is 6.10 Å². The van der Waals surface area contributed by atoms with Crippen LogP contribution in [0, 0.1) is 11.8 Å². The lowest BCUT2D eigenvalue weighted by Gasteiger charge is -2.30. The molecule has 39 heavy (non-hydrogen) atoms. The highest BCUT2D eigenvalue weighted by Gasteiger charge is 2.42. The summed E-state index contributed by atoms with van der Waals surface area (Å²) in [6.07, 6.45) is 20.1. The number of ether oxygens (including phenoxy) is 5. The molecule has 0 spiro atoms. The van der Waals surface area contributed by atoms with Crippen molar-refractivity contribution in [1.82, 2.24) is 0 Å². The van der Waals surface area contributed by atoms with Gasteiger partial charge in [-0.15, -0.1) is 0 Å². The van der Waals surface area contributed by atoms with E-state index in [9.17, 15) is 9.90 Å². The first-order valence-corrected chi connectivity index (χ1v) is 15.6. The first-order chi connectivity index (χ1) is 19.0. The highest BCUT2D eigenvalue weighted by atomic mass is 16.7. The molecule has 3 rings (SSSR count). The molecule has 2 heterocycles. The van der Waals surface area contributed by atoms with Gasteiger partial charge in [-0.3, -0.25) is 4.79 Å². The van der Waals surface area contributed by atoms with E-state index in [0.717, 1.165) is 96.7 Å². The van der Waals surface area contributed by atoms with E-state index in [1.165, 1.54) is 12.7 Å². The van der Waals surface area contributed by atoms with Gasteiger partial charge in [0.25, 0.3) is 0 Å². The predicted octanol–water partition coefficient (Wildman–Crippen LogP) is 6.62. The number of carbonyl (C=O) groups excluding carboxylic acids is 1. The highest BCUT2D eigenvalue weighted by Crippen LogP contribution is 2.40. The number of esters is 1. The number of aliphatic hydroxyl groups excluding tert-OH is 1. The van der Waals surface area contributed by atoms with Gasteiger partial charge in [0.05, 0.1) is 25.4 Å². The molecule has 224 valence electrons. The summed E-state index contributed by atoms with van der Waals surface area (Å²) in [5.74, 6) is 0.110. The van der Waals surface area contributed by atoms with Crippen LogP contribution >= 0.6 is 0 Å². The Bertz CT molecular complexity index is 735. The molecule has 0 amide bonds. The zero-order valence-corrected chi connectivity index (χ0v) is 24.7. The Labute approximate surface area is 236 Å². The van der Waals surface area contributed by atoms with Gasteiger partial charge < -0.3 is 28.8 Å². The maximum absolute atomic E-state index is 11.4. The van der Waals surface area contributed by atoms with E-state index >= 15 is 0 Å². The Hall–Kier alpha value is -1.25. The summed E-state index contributed by atoms with van der Waals surface area (Å²) in [4.78, 5) is 11.4. The second-order valence-electron chi connectivity index (χ2n) is 11.8. The monoisotopic (exact) mass is 550 g/mol. The van der Waals surface area contributed by atoms with Crippen molar-refractivity contribution >= 4 is 5.97 Å². The van der Waals surface area contributed by atoms with Gasteiger partial charge in [0.1, 0.15) is 0 Å². The average Bonchev–Trinajstić information content (AvgIpc) is 3.23. The molecule has 2 aliphatic heterocycles. The maximum Gasteiger partial charge on any atom is 0.305 e. The van der Waals surface area contributed by atoms with Crippen LogP contribution in [0.5, 0.6) is 0 Å². The quantitative estimate of drug-likeness (QED) is 0.131. The third kappa shape index (κ3) is 12.0. The van der Waals surface area contributed by atoms with E-state index in [0.29, 0.717) is 12.8 Å². The van der Waals surface area contributed by atoms with Crippen molar-refractivity contribution in [2.24, 2.45) is 11.8 Å². The number of carbonyl (C=O) groups is 1. The standard InChI is InChI=1S/C32H54O7/c1-24(2)13-12-14-25(38-31-17-8-10-21-36-31)19-20-27-26(15-6-4-5-7-16-30(34)35-3)28(33)23-29(27)39-32-18-9-11-22-37-32/h13,19-20,25-29,31-33H,4-12,14-18,21-23H2,1-3H3/b20-19+/t25-,26+,27+,28-,29+,31?,32?/m0/s1. The molecule has 2 unspecified atom stereocenters. The van der Waals surface area contributed by atoms with Crippen LogP contribution in [0.3, 0.4) is 0 Å².